The van der Waals surface area contributed by atoms with Crippen molar-refractivity contribution in [2.45, 2.75) is 19.3 Å². The Kier molecular flexibility index (Phi) is 7.40. The van der Waals surface area contributed by atoms with Crippen molar-refractivity contribution in [1.29, 1.82) is 0 Å². The second-order valence-corrected chi connectivity index (χ2v) is 8.14. The van der Waals surface area contributed by atoms with E-state index in [1.54, 1.807) is 20.5 Å². The first-order valence-corrected chi connectivity index (χ1v) is 11.3. The summed E-state index contributed by atoms with van der Waals surface area (Å²) in [5.74, 6) is 2.31. The molecule has 0 aliphatic carbocycles. The number of hydrogen-bond donors (Lipinski definition) is 1. The Labute approximate surface area is 194 Å². The number of carbonyl (C=O) groups is 1. The molecule has 1 aromatic heterocycles. The van der Waals surface area contributed by atoms with Gasteiger partial charge in [-0.25, -0.2) is 9.97 Å². The van der Waals surface area contributed by atoms with Gasteiger partial charge in [0.15, 0.2) is 11.5 Å². The first-order chi connectivity index (χ1) is 16.2. The summed E-state index contributed by atoms with van der Waals surface area (Å²) >= 11 is 0. The molecular weight excluding hydrogens is 416 g/mol. The second-order valence-electron chi connectivity index (χ2n) is 8.14. The van der Waals surface area contributed by atoms with E-state index in [0.717, 1.165) is 48.4 Å². The predicted molar refractivity (Wildman–Crippen MR) is 129 cm³/mol. The molecule has 1 amide bonds. The number of rotatable bonds is 8. The van der Waals surface area contributed by atoms with Gasteiger partial charge >= 0.3 is 0 Å². The molecule has 1 atom stereocenters. The zero-order valence-corrected chi connectivity index (χ0v) is 19.2. The van der Waals surface area contributed by atoms with E-state index in [1.807, 2.05) is 54.6 Å². The van der Waals surface area contributed by atoms with Crippen LogP contribution in [0.2, 0.25) is 0 Å². The van der Waals surface area contributed by atoms with Crippen LogP contribution in [-0.4, -0.2) is 49.7 Å². The lowest BCUT2D eigenvalue weighted by Crippen LogP contribution is -2.43. The van der Waals surface area contributed by atoms with Crippen molar-refractivity contribution in [3.05, 3.63) is 66.5 Å². The minimum Gasteiger partial charge on any atom is -0.493 e. The molecule has 1 N–H and O–H groups in total. The number of anilines is 1. The Balaban J connectivity index is 1.33. The number of nitrogens with zero attached hydrogens (tertiary/aromatic N) is 3. The SMILES string of the molecule is COc1ccc(CCNC(=O)C2CCCN(c3cc(-c4ccccc4)ncn3)C2)cc1OC. The summed E-state index contributed by atoms with van der Waals surface area (Å²) in [6.45, 7) is 2.13. The highest BCUT2D eigenvalue weighted by Crippen LogP contribution is 2.28. The molecule has 7 heteroatoms. The van der Waals surface area contributed by atoms with E-state index in [2.05, 4.69) is 20.2 Å². The fraction of sp³-hybridized carbons (Fsp3) is 0.346. The molecular formula is C26H30N4O3. The van der Waals surface area contributed by atoms with Crippen LogP contribution in [0.15, 0.2) is 60.9 Å². The lowest BCUT2D eigenvalue weighted by Gasteiger charge is -2.33. The van der Waals surface area contributed by atoms with Gasteiger partial charge in [0.05, 0.1) is 25.8 Å². The van der Waals surface area contributed by atoms with E-state index in [9.17, 15) is 4.79 Å². The number of aromatic nitrogens is 2. The molecule has 2 aromatic carbocycles. The molecule has 0 radical (unpaired) electrons. The summed E-state index contributed by atoms with van der Waals surface area (Å²) in [6, 6.07) is 17.9. The normalized spacial score (nSPS) is 15.7. The maximum Gasteiger partial charge on any atom is 0.224 e. The number of nitrogens with one attached hydrogen (secondary N) is 1. The number of carbonyl (C=O) groups excluding carboxylic acids is 1. The van der Waals surface area contributed by atoms with Crippen LogP contribution in [0.5, 0.6) is 11.5 Å². The van der Waals surface area contributed by atoms with E-state index < -0.39 is 0 Å². The average Bonchev–Trinajstić information content (AvgIpc) is 2.89. The Morgan fingerprint density at radius 2 is 1.88 bits per heavy atom. The topological polar surface area (TPSA) is 76.6 Å². The molecule has 4 rings (SSSR count). The lowest BCUT2D eigenvalue weighted by molar-refractivity contribution is -0.125. The molecule has 1 fully saturated rings. The third-order valence-electron chi connectivity index (χ3n) is 6.00. The van der Waals surface area contributed by atoms with E-state index in [-0.39, 0.29) is 11.8 Å². The smallest absolute Gasteiger partial charge is 0.224 e. The van der Waals surface area contributed by atoms with Crippen LogP contribution in [0.25, 0.3) is 11.3 Å². The van der Waals surface area contributed by atoms with Gasteiger partial charge in [-0.15, -0.1) is 0 Å². The molecule has 33 heavy (non-hydrogen) atoms. The molecule has 172 valence electrons. The van der Waals surface area contributed by atoms with Gasteiger partial charge in [0.25, 0.3) is 0 Å². The monoisotopic (exact) mass is 446 g/mol. The van der Waals surface area contributed by atoms with Crippen molar-refractivity contribution in [2.24, 2.45) is 5.92 Å². The molecule has 1 aliphatic heterocycles. The van der Waals surface area contributed by atoms with Crippen molar-refractivity contribution in [3.63, 3.8) is 0 Å². The van der Waals surface area contributed by atoms with Gasteiger partial charge in [0.2, 0.25) is 5.91 Å². The zero-order valence-electron chi connectivity index (χ0n) is 19.2. The number of methoxy groups -OCH3 is 2. The summed E-state index contributed by atoms with van der Waals surface area (Å²) in [7, 11) is 3.24. The third-order valence-corrected chi connectivity index (χ3v) is 6.00. The molecule has 2 heterocycles. The summed E-state index contributed by atoms with van der Waals surface area (Å²) in [5.41, 5.74) is 3.04. The van der Waals surface area contributed by atoms with Crippen molar-refractivity contribution < 1.29 is 14.3 Å². The highest BCUT2D eigenvalue weighted by atomic mass is 16.5. The fourth-order valence-corrected chi connectivity index (χ4v) is 4.20. The molecule has 1 saturated heterocycles. The van der Waals surface area contributed by atoms with Crippen molar-refractivity contribution in [1.82, 2.24) is 15.3 Å². The van der Waals surface area contributed by atoms with Crippen LogP contribution in [0.3, 0.4) is 0 Å². The first-order valence-electron chi connectivity index (χ1n) is 11.3. The van der Waals surface area contributed by atoms with Gasteiger partial charge in [-0.2, -0.15) is 0 Å². The quantitative estimate of drug-likeness (QED) is 0.568. The lowest BCUT2D eigenvalue weighted by atomic mass is 9.97. The summed E-state index contributed by atoms with van der Waals surface area (Å²) in [6.07, 6.45) is 4.17. The number of benzene rings is 2. The minimum atomic E-state index is -0.0562. The van der Waals surface area contributed by atoms with Gasteiger partial charge in [-0.05, 0) is 37.0 Å². The standard InChI is InChI=1S/C26H30N4O3/c1-32-23-11-10-19(15-24(23)33-2)12-13-27-26(31)21-9-6-14-30(17-21)25-16-22(28-18-29-25)20-7-4-3-5-8-20/h3-5,7-8,10-11,15-16,18,21H,6,9,12-14,17H2,1-2H3,(H,27,31). The highest BCUT2D eigenvalue weighted by molar-refractivity contribution is 5.79. The molecule has 3 aromatic rings. The summed E-state index contributed by atoms with van der Waals surface area (Å²) in [4.78, 5) is 23.9. The molecule has 0 spiro atoms. The number of ether oxygens (including phenoxy) is 2. The number of hydrogen-bond acceptors (Lipinski definition) is 6. The highest BCUT2D eigenvalue weighted by Gasteiger charge is 2.26. The van der Waals surface area contributed by atoms with Crippen LogP contribution < -0.4 is 19.7 Å². The third kappa shape index (κ3) is 5.61. The van der Waals surface area contributed by atoms with Crippen LogP contribution in [-0.2, 0) is 11.2 Å². The molecule has 1 aliphatic rings. The van der Waals surface area contributed by atoms with Crippen molar-refractivity contribution >= 4 is 11.7 Å². The minimum absolute atomic E-state index is 0.0562. The van der Waals surface area contributed by atoms with Crippen LogP contribution in [0, 0.1) is 5.92 Å². The average molecular weight is 447 g/mol. The molecule has 0 bridgehead atoms. The second kappa shape index (κ2) is 10.8. The summed E-state index contributed by atoms with van der Waals surface area (Å²) < 4.78 is 10.6. The maximum atomic E-state index is 12.9. The van der Waals surface area contributed by atoms with Gasteiger partial charge < -0.3 is 19.7 Å². The fourth-order valence-electron chi connectivity index (χ4n) is 4.20. The Hall–Kier alpha value is -3.61. The van der Waals surface area contributed by atoms with Crippen molar-refractivity contribution in [2.75, 3.05) is 38.8 Å². The van der Waals surface area contributed by atoms with Gasteiger partial charge in [0.1, 0.15) is 12.1 Å². The van der Waals surface area contributed by atoms with Gasteiger partial charge in [0, 0.05) is 31.3 Å². The zero-order chi connectivity index (χ0) is 23.0. The largest absolute Gasteiger partial charge is 0.493 e. The maximum absolute atomic E-state index is 12.9. The van der Waals surface area contributed by atoms with Gasteiger partial charge in [-0.3, -0.25) is 4.79 Å². The summed E-state index contributed by atoms with van der Waals surface area (Å²) in [5, 5.41) is 3.11. The van der Waals surface area contributed by atoms with Crippen molar-refractivity contribution in [3.8, 4) is 22.8 Å². The van der Waals surface area contributed by atoms with E-state index >= 15 is 0 Å². The Morgan fingerprint density at radius 1 is 1.06 bits per heavy atom. The molecule has 7 nitrogen and oxygen atoms in total. The number of piperidine rings is 1. The van der Waals surface area contributed by atoms with Crippen LogP contribution in [0.4, 0.5) is 5.82 Å². The van der Waals surface area contributed by atoms with E-state index in [1.165, 1.54) is 0 Å². The van der Waals surface area contributed by atoms with E-state index in [4.69, 9.17) is 9.47 Å². The number of amides is 1. The molecule has 0 saturated carbocycles. The van der Waals surface area contributed by atoms with E-state index in [0.29, 0.717) is 24.6 Å². The van der Waals surface area contributed by atoms with Crippen LogP contribution >= 0.6 is 0 Å². The first kappa shape index (κ1) is 22.6. The Morgan fingerprint density at radius 3 is 2.67 bits per heavy atom. The van der Waals surface area contributed by atoms with Gasteiger partial charge in [-0.1, -0.05) is 36.4 Å². The van der Waals surface area contributed by atoms with Crippen LogP contribution in [0.1, 0.15) is 18.4 Å². The Bertz CT molecular complexity index is 1070. The predicted octanol–water partition coefficient (Wildman–Crippen LogP) is 3.74. The molecule has 1 unspecified atom stereocenters.